The molecule has 5 nitrogen and oxygen atoms in total. The van der Waals surface area contributed by atoms with E-state index in [1.807, 2.05) is 0 Å². The summed E-state index contributed by atoms with van der Waals surface area (Å²) in [5, 5.41) is 13.2. The second-order valence-electron chi connectivity index (χ2n) is 2.49. The van der Waals surface area contributed by atoms with Gasteiger partial charge >= 0.3 is 0 Å². The summed E-state index contributed by atoms with van der Waals surface area (Å²) in [6.45, 7) is 0.216. The van der Waals surface area contributed by atoms with Crippen molar-refractivity contribution in [2.24, 2.45) is 0 Å². The highest BCUT2D eigenvalue weighted by molar-refractivity contribution is 9.07. The Kier molecular flexibility index (Phi) is 1.66. The lowest BCUT2D eigenvalue weighted by Gasteiger charge is -2.25. The van der Waals surface area contributed by atoms with E-state index in [9.17, 15) is 9.90 Å². The fraction of sp³-hybridized carbons (Fsp3) is 0.333. The summed E-state index contributed by atoms with van der Waals surface area (Å²) in [5.74, 6) is -0.183. The second-order valence-corrected chi connectivity index (χ2v) is 3.35. The SMILES string of the molecule is O=C1c2ccnn2C(O)CN1Br. The second kappa shape index (κ2) is 2.56. The summed E-state index contributed by atoms with van der Waals surface area (Å²) in [7, 11) is 0. The average molecular weight is 232 g/mol. The third kappa shape index (κ3) is 0.953. The van der Waals surface area contributed by atoms with Gasteiger partial charge in [0.15, 0.2) is 6.23 Å². The van der Waals surface area contributed by atoms with E-state index in [2.05, 4.69) is 21.2 Å². The average Bonchev–Trinajstić information content (AvgIpc) is 2.48. The number of rotatable bonds is 0. The van der Waals surface area contributed by atoms with Crippen molar-refractivity contribution in [3.05, 3.63) is 18.0 Å². The summed E-state index contributed by atoms with van der Waals surface area (Å²) in [6.07, 6.45) is 0.731. The Morgan fingerprint density at radius 3 is 3.25 bits per heavy atom. The highest BCUT2D eigenvalue weighted by atomic mass is 79.9. The first-order valence-corrected chi connectivity index (χ1v) is 4.10. The number of hydrogen-bond donors (Lipinski definition) is 1. The van der Waals surface area contributed by atoms with Crippen LogP contribution in [-0.2, 0) is 0 Å². The Labute approximate surface area is 76.9 Å². The first-order chi connectivity index (χ1) is 5.70. The van der Waals surface area contributed by atoms with Gasteiger partial charge in [-0.15, -0.1) is 0 Å². The topological polar surface area (TPSA) is 58.4 Å². The van der Waals surface area contributed by atoms with Crippen LogP contribution in [0.1, 0.15) is 16.7 Å². The molecule has 1 aromatic heterocycles. The molecule has 1 aliphatic rings. The van der Waals surface area contributed by atoms with Crippen LogP contribution in [0, 0.1) is 0 Å². The Morgan fingerprint density at radius 2 is 2.50 bits per heavy atom. The van der Waals surface area contributed by atoms with E-state index in [-0.39, 0.29) is 12.5 Å². The lowest BCUT2D eigenvalue weighted by molar-refractivity contribution is 0.0423. The molecule has 0 saturated heterocycles. The predicted octanol–water partition coefficient (Wildman–Crippen LogP) is 0.140. The van der Waals surface area contributed by atoms with E-state index in [1.54, 1.807) is 6.07 Å². The molecule has 64 valence electrons. The fourth-order valence-electron chi connectivity index (χ4n) is 1.15. The van der Waals surface area contributed by atoms with Crippen LogP contribution >= 0.6 is 16.1 Å². The van der Waals surface area contributed by atoms with E-state index < -0.39 is 6.23 Å². The zero-order valence-electron chi connectivity index (χ0n) is 6.01. The molecule has 0 fully saturated rings. The summed E-state index contributed by atoms with van der Waals surface area (Å²) in [6, 6.07) is 1.57. The van der Waals surface area contributed by atoms with Crippen molar-refractivity contribution >= 4 is 22.1 Å². The highest BCUT2D eigenvalue weighted by Crippen LogP contribution is 2.20. The van der Waals surface area contributed by atoms with Crippen LogP contribution < -0.4 is 0 Å². The molecular weight excluding hydrogens is 226 g/mol. The molecule has 12 heavy (non-hydrogen) atoms. The molecule has 1 unspecified atom stereocenters. The van der Waals surface area contributed by atoms with Gasteiger partial charge in [-0.2, -0.15) is 5.10 Å². The summed E-state index contributed by atoms with van der Waals surface area (Å²) < 4.78 is 2.59. The lowest BCUT2D eigenvalue weighted by Crippen LogP contribution is -2.37. The molecule has 0 radical (unpaired) electrons. The molecule has 0 aliphatic carbocycles. The zero-order valence-corrected chi connectivity index (χ0v) is 7.60. The van der Waals surface area contributed by atoms with Gasteiger partial charge < -0.3 is 5.11 Å². The van der Waals surface area contributed by atoms with Gasteiger partial charge in [0, 0.05) is 6.20 Å². The van der Waals surface area contributed by atoms with Gasteiger partial charge in [0.2, 0.25) is 0 Å². The molecule has 1 atom stereocenters. The number of β-amino-alcohol motifs (C(OH)–C–C–N with tert-alkyl or cyclic N) is 1. The monoisotopic (exact) mass is 231 g/mol. The van der Waals surface area contributed by atoms with Crippen LogP contribution in [0.5, 0.6) is 0 Å². The summed E-state index contributed by atoms with van der Waals surface area (Å²) in [5.41, 5.74) is 0.394. The number of amides is 1. The van der Waals surface area contributed by atoms with Gasteiger partial charge in [0.25, 0.3) is 5.91 Å². The van der Waals surface area contributed by atoms with Crippen molar-refractivity contribution in [3.63, 3.8) is 0 Å². The molecule has 1 aromatic rings. The minimum atomic E-state index is -0.757. The highest BCUT2D eigenvalue weighted by Gasteiger charge is 2.28. The normalized spacial score (nSPS) is 22.7. The number of hydrogen-bond acceptors (Lipinski definition) is 3. The van der Waals surface area contributed by atoms with Crippen molar-refractivity contribution < 1.29 is 9.90 Å². The van der Waals surface area contributed by atoms with Crippen LogP contribution in [0.3, 0.4) is 0 Å². The van der Waals surface area contributed by atoms with E-state index in [1.165, 1.54) is 14.8 Å². The molecule has 0 saturated carbocycles. The molecular formula is C6H6BrN3O2. The number of halogens is 1. The predicted molar refractivity (Wildman–Crippen MR) is 43.4 cm³/mol. The van der Waals surface area contributed by atoms with E-state index in [0.29, 0.717) is 5.69 Å². The molecule has 1 amide bonds. The standard InChI is InChI=1S/C6H6BrN3O2/c7-9-3-5(11)10-4(6(9)12)1-2-8-10/h1-2,5,11H,3H2. The Bertz CT molecular complexity index is 324. The smallest absolute Gasteiger partial charge is 0.282 e. The first-order valence-electron chi connectivity index (χ1n) is 3.39. The molecule has 1 N–H and O–H groups in total. The van der Waals surface area contributed by atoms with Crippen molar-refractivity contribution in [1.82, 2.24) is 13.7 Å². The molecule has 0 aromatic carbocycles. The first kappa shape index (κ1) is 7.75. The molecule has 2 heterocycles. The van der Waals surface area contributed by atoms with Crippen molar-refractivity contribution in [1.29, 1.82) is 0 Å². The van der Waals surface area contributed by atoms with Gasteiger partial charge in [0.1, 0.15) is 5.69 Å². The molecule has 2 rings (SSSR count). The third-order valence-corrected chi connectivity index (χ3v) is 2.33. The lowest BCUT2D eigenvalue weighted by atomic mass is 10.3. The van der Waals surface area contributed by atoms with Crippen LogP contribution in [0.2, 0.25) is 0 Å². The largest absolute Gasteiger partial charge is 0.370 e. The van der Waals surface area contributed by atoms with E-state index in [0.717, 1.165) is 0 Å². The Balaban J connectivity index is 2.50. The number of carbonyl (C=O) groups is 1. The van der Waals surface area contributed by atoms with Crippen molar-refractivity contribution in [2.75, 3.05) is 6.54 Å². The number of aliphatic hydroxyl groups excluding tert-OH is 1. The van der Waals surface area contributed by atoms with Gasteiger partial charge in [-0.25, -0.2) is 4.68 Å². The molecule has 0 spiro atoms. The summed E-state index contributed by atoms with van der Waals surface area (Å²) >= 11 is 3.03. The third-order valence-electron chi connectivity index (χ3n) is 1.72. The van der Waals surface area contributed by atoms with Gasteiger partial charge in [-0.1, -0.05) is 0 Å². The maximum atomic E-state index is 11.3. The quantitative estimate of drug-likeness (QED) is 0.647. The van der Waals surface area contributed by atoms with Crippen LogP contribution in [0.15, 0.2) is 12.3 Å². The zero-order chi connectivity index (χ0) is 8.72. The number of nitrogens with zero attached hydrogens (tertiary/aromatic N) is 3. The van der Waals surface area contributed by atoms with Gasteiger partial charge in [-0.05, 0) is 6.07 Å². The maximum Gasteiger partial charge on any atom is 0.282 e. The Hall–Kier alpha value is -0.880. The van der Waals surface area contributed by atoms with E-state index >= 15 is 0 Å². The minimum Gasteiger partial charge on any atom is -0.370 e. The van der Waals surface area contributed by atoms with E-state index in [4.69, 9.17) is 0 Å². The summed E-state index contributed by atoms with van der Waals surface area (Å²) in [4.78, 5) is 11.3. The molecule has 0 bridgehead atoms. The van der Waals surface area contributed by atoms with Gasteiger partial charge in [-0.3, -0.25) is 8.72 Å². The van der Waals surface area contributed by atoms with Crippen LogP contribution in [0.25, 0.3) is 0 Å². The van der Waals surface area contributed by atoms with Crippen LogP contribution in [-0.4, -0.2) is 31.3 Å². The molecule has 1 aliphatic heterocycles. The van der Waals surface area contributed by atoms with Crippen molar-refractivity contribution in [3.8, 4) is 0 Å². The number of fused-ring (bicyclic) bond motifs is 1. The number of aliphatic hydroxyl groups is 1. The number of carbonyl (C=O) groups excluding carboxylic acids is 1. The molecule has 6 heteroatoms. The fourth-order valence-corrected chi connectivity index (χ4v) is 1.59. The van der Waals surface area contributed by atoms with Crippen LogP contribution in [0.4, 0.5) is 0 Å². The number of aromatic nitrogens is 2. The minimum absolute atomic E-state index is 0.183. The van der Waals surface area contributed by atoms with Crippen molar-refractivity contribution in [2.45, 2.75) is 6.23 Å². The maximum absolute atomic E-state index is 11.3. The Morgan fingerprint density at radius 1 is 1.75 bits per heavy atom. The van der Waals surface area contributed by atoms with Gasteiger partial charge in [0.05, 0.1) is 22.7 Å².